The molecule has 0 bridgehead atoms. The molecule has 35 heavy (non-hydrogen) atoms. The van der Waals surface area contributed by atoms with Crippen molar-refractivity contribution in [3.8, 4) is 0 Å². The zero-order chi connectivity index (χ0) is 25.4. The number of rotatable bonds is 9. The van der Waals surface area contributed by atoms with E-state index >= 15 is 0 Å². The molecule has 0 aromatic carbocycles. The lowest BCUT2D eigenvalue weighted by Gasteiger charge is -2.61. The lowest BCUT2D eigenvalue weighted by molar-refractivity contribution is -0.137. The second-order valence-electron chi connectivity index (χ2n) is 13.1. The number of aldehydes is 1. The summed E-state index contributed by atoms with van der Waals surface area (Å²) >= 11 is 0. The number of carbonyl (C=O) groups is 3. The van der Waals surface area contributed by atoms with Crippen molar-refractivity contribution in [1.29, 1.82) is 0 Å². The Labute approximate surface area is 211 Å². The van der Waals surface area contributed by atoms with E-state index in [2.05, 4.69) is 26.1 Å². The van der Waals surface area contributed by atoms with Crippen molar-refractivity contribution in [2.24, 2.45) is 46.3 Å². The number of carboxylic acids is 1. The highest BCUT2D eigenvalue weighted by atomic mass is 16.4. The van der Waals surface area contributed by atoms with Gasteiger partial charge in [0.15, 0.2) is 0 Å². The largest absolute Gasteiger partial charge is 0.481 e. The van der Waals surface area contributed by atoms with E-state index < -0.39 is 12.0 Å². The van der Waals surface area contributed by atoms with Crippen LogP contribution in [0, 0.1) is 46.3 Å². The molecule has 4 saturated carbocycles. The highest BCUT2D eigenvalue weighted by molar-refractivity contribution is 5.79. The van der Waals surface area contributed by atoms with Gasteiger partial charge in [0.25, 0.3) is 0 Å². The SMILES string of the molecule is C[C@H](CCC(=O)N[C@H](C=O)CCC(=O)O)[C@H]1CCC2C3CCC4C[C@H](O)CC[C@]4(C)C3CC[C@@]21C. The van der Waals surface area contributed by atoms with Gasteiger partial charge in [-0.2, -0.15) is 0 Å². The summed E-state index contributed by atoms with van der Waals surface area (Å²) in [4.78, 5) is 34.5. The van der Waals surface area contributed by atoms with Crippen LogP contribution in [0.2, 0.25) is 0 Å². The number of amides is 1. The van der Waals surface area contributed by atoms with Gasteiger partial charge in [0.05, 0.1) is 12.1 Å². The van der Waals surface area contributed by atoms with Gasteiger partial charge in [0, 0.05) is 12.8 Å². The molecule has 4 unspecified atom stereocenters. The third-order valence-electron chi connectivity index (χ3n) is 11.4. The van der Waals surface area contributed by atoms with E-state index in [0.29, 0.717) is 41.3 Å². The van der Waals surface area contributed by atoms with Crippen molar-refractivity contribution >= 4 is 18.2 Å². The van der Waals surface area contributed by atoms with Gasteiger partial charge in [0.2, 0.25) is 5.91 Å². The molecule has 0 aromatic heterocycles. The number of nitrogens with one attached hydrogen (secondary N) is 1. The normalized spacial score (nSPS) is 42.2. The van der Waals surface area contributed by atoms with Crippen LogP contribution in [-0.2, 0) is 14.4 Å². The maximum atomic E-state index is 12.5. The van der Waals surface area contributed by atoms with E-state index in [4.69, 9.17) is 5.11 Å². The minimum Gasteiger partial charge on any atom is -0.481 e. The highest BCUT2D eigenvalue weighted by Crippen LogP contribution is 2.68. The molecule has 0 radical (unpaired) electrons. The second-order valence-corrected chi connectivity index (χ2v) is 13.1. The molecular formula is C29H47NO5. The molecule has 0 aliphatic heterocycles. The minimum atomic E-state index is -0.956. The van der Waals surface area contributed by atoms with E-state index in [1.54, 1.807) is 0 Å². The summed E-state index contributed by atoms with van der Waals surface area (Å²) in [5.41, 5.74) is 0.752. The molecule has 0 spiro atoms. The molecule has 4 rings (SSSR count). The third-order valence-corrected chi connectivity index (χ3v) is 11.4. The van der Waals surface area contributed by atoms with Crippen LogP contribution < -0.4 is 5.32 Å². The van der Waals surface area contributed by atoms with Crippen LogP contribution in [0.3, 0.4) is 0 Å². The molecule has 4 aliphatic rings. The predicted molar refractivity (Wildman–Crippen MR) is 134 cm³/mol. The maximum absolute atomic E-state index is 12.5. The van der Waals surface area contributed by atoms with Crippen LogP contribution in [0.4, 0.5) is 0 Å². The molecule has 0 heterocycles. The first-order valence-electron chi connectivity index (χ1n) is 14.2. The first kappa shape index (κ1) is 26.6. The zero-order valence-electron chi connectivity index (χ0n) is 22.0. The number of aliphatic carboxylic acids is 1. The molecule has 4 fully saturated rings. The first-order chi connectivity index (χ1) is 16.6. The molecule has 4 aliphatic carbocycles. The average molecular weight is 490 g/mol. The minimum absolute atomic E-state index is 0.0913. The summed E-state index contributed by atoms with van der Waals surface area (Å²) < 4.78 is 0. The Balaban J connectivity index is 1.34. The summed E-state index contributed by atoms with van der Waals surface area (Å²) in [5, 5.41) is 21.8. The van der Waals surface area contributed by atoms with E-state index in [9.17, 15) is 19.5 Å². The number of carbonyl (C=O) groups excluding carboxylic acids is 2. The number of hydrogen-bond donors (Lipinski definition) is 3. The number of hydrogen-bond acceptors (Lipinski definition) is 4. The molecule has 1 amide bonds. The van der Waals surface area contributed by atoms with E-state index in [1.165, 1.54) is 44.9 Å². The van der Waals surface area contributed by atoms with Crippen molar-refractivity contribution in [3.63, 3.8) is 0 Å². The summed E-state index contributed by atoms with van der Waals surface area (Å²) in [7, 11) is 0. The Kier molecular flexibility index (Phi) is 8.00. The fraction of sp³-hybridized carbons (Fsp3) is 0.897. The first-order valence-corrected chi connectivity index (χ1v) is 14.2. The number of carboxylic acid groups (broad SMARTS) is 1. The quantitative estimate of drug-likeness (QED) is 0.397. The van der Waals surface area contributed by atoms with Crippen molar-refractivity contribution < 1.29 is 24.6 Å². The van der Waals surface area contributed by atoms with Crippen LogP contribution in [-0.4, -0.2) is 40.5 Å². The van der Waals surface area contributed by atoms with Gasteiger partial charge in [-0.25, -0.2) is 0 Å². The van der Waals surface area contributed by atoms with Crippen LogP contribution >= 0.6 is 0 Å². The Morgan fingerprint density at radius 3 is 2.40 bits per heavy atom. The number of aliphatic hydroxyl groups excluding tert-OH is 1. The van der Waals surface area contributed by atoms with Gasteiger partial charge in [-0.1, -0.05) is 20.8 Å². The Hall–Kier alpha value is -1.43. The van der Waals surface area contributed by atoms with Crippen molar-refractivity contribution in [2.75, 3.05) is 0 Å². The van der Waals surface area contributed by atoms with Crippen LogP contribution in [0.25, 0.3) is 0 Å². The average Bonchev–Trinajstić information content (AvgIpc) is 3.17. The zero-order valence-corrected chi connectivity index (χ0v) is 22.0. The maximum Gasteiger partial charge on any atom is 0.303 e. The molecule has 10 atom stereocenters. The summed E-state index contributed by atoms with van der Waals surface area (Å²) in [5.74, 6) is 3.08. The highest BCUT2D eigenvalue weighted by Gasteiger charge is 2.60. The standard InChI is InChI=1S/C29H47NO5/c1-18(4-10-26(33)30-20(17-31)6-11-27(34)35)23-8-9-24-22-7-5-19-16-21(32)12-14-28(19,2)25(22)13-15-29(23,24)3/h17-25,32H,4-16H2,1-3H3,(H,30,33)(H,34,35)/t18-,19?,20+,21-,22?,23-,24?,25?,28+,29-/m1/s1. The Morgan fingerprint density at radius 1 is 0.971 bits per heavy atom. The Morgan fingerprint density at radius 2 is 1.69 bits per heavy atom. The van der Waals surface area contributed by atoms with Gasteiger partial charge >= 0.3 is 5.97 Å². The van der Waals surface area contributed by atoms with Gasteiger partial charge in [0.1, 0.15) is 6.29 Å². The van der Waals surface area contributed by atoms with Crippen LogP contribution in [0.1, 0.15) is 104 Å². The topological polar surface area (TPSA) is 104 Å². The van der Waals surface area contributed by atoms with Gasteiger partial charge < -0.3 is 20.3 Å². The molecule has 6 nitrogen and oxygen atoms in total. The number of aliphatic hydroxyl groups is 1. The fourth-order valence-electron chi connectivity index (χ4n) is 9.50. The van der Waals surface area contributed by atoms with Crippen molar-refractivity contribution in [3.05, 3.63) is 0 Å². The second kappa shape index (κ2) is 10.5. The molecule has 6 heteroatoms. The monoisotopic (exact) mass is 489 g/mol. The van der Waals surface area contributed by atoms with Crippen molar-refractivity contribution in [1.82, 2.24) is 5.32 Å². The van der Waals surface area contributed by atoms with Gasteiger partial charge in [-0.3, -0.25) is 9.59 Å². The lowest BCUT2D eigenvalue weighted by Crippen LogP contribution is -2.54. The smallest absolute Gasteiger partial charge is 0.303 e. The predicted octanol–water partition coefficient (Wildman–Crippen LogP) is 4.97. The fourth-order valence-corrected chi connectivity index (χ4v) is 9.50. The summed E-state index contributed by atoms with van der Waals surface area (Å²) in [6.07, 6.45) is 12.7. The van der Waals surface area contributed by atoms with E-state index in [1.807, 2.05) is 0 Å². The van der Waals surface area contributed by atoms with E-state index in [-0.39, 0.29) is 24.9 Å². The van der Waals surface area contributed by atoms with Crippen LogP contribution in [0.15, 0.2) is 0 Å². The Bertz CT molecular complexity index is 800. The molecule has 0 aromatic rings. The lowest BCUT2D eigenvalue weighted by atomic mass is 9.44. The summed E-state index contributed by atoms with van der Waals surface area (Å²) in [6, 6.07) is -0.713. The van der Waals surface area contributed by atoms with Crippen molar-refractivity contribution in [2.45, 2.75) is 116 Å². The van der Waals surface area contributed by atoms with Gasteiger partial charge in [-0.15, -0.1) is 0 Å². The molecular weight excluding hydrogens is 442 g/mol. The number of fused-ring (bicyclic) bond motifs is 5. The molecule has 198 valence electrons. The van der Waals surface area contributed by atoms with Gasteiger partial charge in [-0.05, 0) is 117 Å². The summed E-state index contributed by atoms with van der Waals surface area (Å²) in [6.45, 7) is 7.38. The van der Waals surface area contributed by atoms with Crippen LogP contribution in [0.5, 0.6) is 0 Å². The molecule has 3 N–H and O–H groups in total. The molecule has 0 saturated heterocycles. The third kappa shape index (κ3) is 5.19. The van der Waals surface area contributed by atoms with E-state index in [0.717, 1.165) is 37.0 Å².